The standard InChI is InChI=1S/C37H36N2O7S/c1-36(2)30(38(21-19-32(40)41)27-17-15-23-9-5-6-10-24(23)34(27)36)13-8-14-31-37(3,4)35-26-11-7-12-29(47(44,45)46)25(26)16-18-28(35)39(31)22-20-33(42)43/h5-18H,19-22H2,1-4H3,(H2-,40,41,42,43,44,45,46)/p+1. The molecule has 9 nitrogen and oxygen atoms in total. The molecule has 0 unspecified atom stereocenters. The summed E-state index contributed by atoms with van der Waals surface area (Å²) in [6.07, 6.45) is 5.74. The van der Waals surface area contributed by atoms with Gasteiger partial charge in [0.25, 0.3) is 10.1 Å². The zero-order valence-corrected chi connectivity index (χ0v) is 27.5. The minimum atomic E-state index is -4.48. The van der Waals surface area contributed by atoms with Crippen molar-refractivity contribution in [3.05, 3.63) is 102 Å². The lowest BCUT2D eigenvalue weighted by atomic mass is 9.79. The third-order valence-corrected chi connectivity index (χ3v) is 10.4. The lowest BCUT2D eigenvalue weighted by molar-refractivity contribution is -0.436. The average Bonchev–Trinajstić information content (AvgIpc) is 3.36. The molecule has 0 bridgehead atoms. The number of carboxylic acids is 2. The number of fused-ring (bicyclic) bond motifs is 6. The van der Waals surface area contributed by atoms with E-state index in [9.17, 15) is 32.8 Å². The zero-order valence-electron chi connectivity index (χ0n) is 26.7. The van der Waals surface area contributed by atoms with E-state index in [2.05, 4.69) is 43.0 Å². The molecule has 0 radical (unpaired) electrons. The number of hydrogen-bond acceptors (Lipinski definition) is 5. The Kier molecular flexibility index (Phi) is 7.84. The lowest BCUT2D eigenvalue weighted by Crippen LogP contribution is -2.29. The largest absolute Gasteiger partial charge is 0.481 e. The van der Waals surface area contributed by atoms with Gasteiger partial charge in [-0.15, -0.1) is 0 Å². The molecule has 0 aliphatic carbocycles. The maximum Gasteiger partial charge on any atom is 0.309 e. The molecule has 0 atom stereocenters. The fraction of sp³-hybridized carbons (Fsp3) is 0.270. The van der Waals surface area contributed by atoms with Crippen molar-refractivity contribution < 1.29 is 37.3 Å². The second kappa shape index (κ2) is 11.5. The molecule has 47 heavy (non-hydrogen) atoms. The molecule has 0 saturated carbocycles. The van der Waals surface area contributed by atoms with Crippen LogP contribution >= 0.6 is 0 Å². The van der Waals surface area contributed by atoms with Crippen LogP contribution < -0.4 is 4.90 Å². The summed E-state index contributed by atoms with van der Waals surface area (Å²) in [5, 5.41) is 22.4. The van der Waals surface area contributed by atoms with Crippen LogP contribution in [0.2, 0.25) is 0 Å². The van der Waals surface area contributed by atoms with E-state index in [1.165, 1.54) is 6.07 Å². The smallest absolute Gasteiger partial charge is 0.309 e. The van der Waals surface area contributed by atoms with Crippen LogP contribution in [0.3, 0.4) is 0 Å². The molecule has 242 valence electrons. The van der Waals surface area contributed by atoms with Crippen molar-refractivity contribution in [2.45, 2.75) is 56.3 Å². The zero-order chi connectivity index (χ0) is 33.9. The molecule has 0 amide bonds. The van der Waals surface area contributed by atoms with E-state index in [0.29, 0.717) is 17.3 Å². The summed E-state index contributed by atoms with van der Waals surface area (Å²) in [4.78, 5) is 25.3. The van der Waals surface area contributed by atoms with Gasteiger partial charge in [-0.05, 0) is 59.8 Å². The Labute approximate surface area is 273 Å². The van der Waals surface area contributed by atoms with Gasteiger partial charge in [0, 0.05) is 46.4 Å². The molecule has 2 heterocycles. The normalized spacial score (nSPS) is 17.6. The van der Waals surface area contributed by atoms with Crippen molar-refractivity contribution in [3.63, 3.8) is 0 Å². The topological polar surface area (TPSA) is 135 Å². The van der Waals surface area contributed by atoms with Gasteiger partial charge in [0.15, 0.2) is 12.3 Å². The predicted molar refractivity (Wildman–Crippen MR) is 183 cm³/mol. The summed E-state index contributed by atoms with van der Waals surface area (Å²) >= 11 is 0. The van der Waals surface area contributed by atoms with Gasteiger partial charge in [-0.25, -0.2) is 0 Å². The number of rotatable bonds is 9. The highest BCUT2D eigenvalue weighted by molar-refractivity contribution is 7.86. The van der Waals surface area contributed by atoms with Crippen molar-refractivity contribution >= 4 is 60.7 Å². The van der Waals surface area contributed by atoms with Gasteiger partial charge in [-0.1, -0.05) is 62.4 Å². The third-order valence-electron chi connectivity index (χ3n) is 9.49. The van der Waals surface area contributed by atoms with Crippen molar-refractivity contribution in [1.82, 2.24) is 0 Å². The number of benzene rings is 4. The number of carbonyl (C=O) groups is 2. The van der Waals surface area contributed by atoms with E-state index in [1.807, 2.05) is 54.9 Å². The van der Waals surface area contributed by atoms with Crippen LogP contribution in [0.1, 0.15) is 51.7 Å². The summed E-state index contributed by atoms with van der Waals surface area (Å²) < 4.78 is 36.3. The van der Waals surface area contributed by atoms with E-state index in [-0.39, 0.29) is 24.3 Å². The quantitative estimate of drug-likeness (QED) is 0.133. The second-order valence-electron chi connectivity index (χ2n) is 13.1. The maximum absolute atomic E-state index is 12.2. The van der Waals surface area contributed by atoms with Gasteiger partial charge >= 0.3 is 11.9 Å². The molecule has 2 aliphatic heterocycles. The molecule has 0 spiro atoms. The second-order valence-corrected chi connectivity index (χ2v) is 14.5. The van der Waals surface area contributed by atoms with E-state index < -0.39 is 32.9 Å². The van der Waals surface area contributed by atoms with Crippen LogP contribution in [0.5, 0.6) is 0 Å². The van der Waals surface area contributed by atoms with E-state index in [4.69, 9.17) is 0 Å². The molecular weight excluding hydrogens is 616 g/mol. The first-order chi connectivity index (χ1) is 22.1. The first kappa shape index (κ1) is 32.2. The first-order valence-corrected chi connectivity index (χ1v) is 16.9. The highest BCUT2D eigenvalue weighted by Gasteiger charge is 2.46. The summed E-state index contributed by atoms with van der Waals surface area (Å²) in [7, 11) is -4.48. The Hall–Kier alpha value is -4.80. The molecule has 10 heteroatoms. The lowest BCUT2D eigenvalue weighted by Gasteiger charge is -2.26. The number of anilines is 1. The maximum atomic E-state index is 12.2. The molecule has 2 aliphatic rings. The Morgan fingerprint density at radius 2 is 1.51 bits per heavy atom. The Bertz CT molecular complexity index is 2190. The van der Waals surface area contributed by atoms with Crippen molar-refractivity contribution in [2.24, 2.45) is 0 Å². The number of allylic oxidation sites excluding steroid dienone is 4. The van der Waals surface area contributed by atoms with E-state index >= 15 is 0 Å². The van der Waals surface area contributed by atoms with Crippen LogP contribution in [-0.2, 0) is 30.5 Å². The van der Waals surface area contributed by atoms with Crippen LogP contribution in [-0.4, -0.2) is 58.5 Å². The summed E-state index contributed by atoms with van der Waals surface area (Å²) in [5.41, 5.74) is 4.34. The van der Waals surface area contributed by atoms with Gasteiger partial charge in [-0.2, -0.15) is 13.0 Å². The molecular formula is C37H37N2O7S+. The average molecular weight is 654 g/mol. The molecule has 6 rings (SSSR count). The Morgan fingerprint density at radius 1 is 0.809 bits per heavy atom. The number of hydrogen-bond donors (Lipinski definition) is 3. The first-order valence-electron chi connectivity index (χ1n) is 15.4. The minimum absolute atomic E-state index is 0.0370. The van der Waals surface area contributed by atoms with E-state index in [0.717, 1.165) is 44.7 Å². The highest BCUT2D eigenvalue weighted by atomic mass is 32.2. The minimum Gasteiger partial charge on any atom is -0.481 e. The molecule has 3 N–H and O–H groups in total. The van der Waals surface area contributed by atoms with Crippen LogP contribution in [0.15, 0.2) is 95.6 Å². The third kappa shape index (κ3) is 5.41. The SMILES string of the molecule is CC1(C)C(/C=C/C=C2\N(CCC(=O)O)c3ccc4ccccc4c3C2(C)C)=[N+](CCC(=O)O)c2ccc3c(S(=O)(=O)O)cccc3c21. The van der Waals surface area contributed by atoms with Crippen molar-refractivity contribution in [1.29, 1.82) is 0 Å². The molecule has 4 aromatic carbocycles. The molecule has 0 fully saturated rings. The van der Waals surface area contributed by atoms with Gasteiger partial charge in [0.05, 0.1) is 11.8 Å². The monoisotopic (exact) mass is 653 g/mol. The Morgan fingerprint density at radius 3 is 2.21 bits per heavy atom. The summed E-state index contributed by atoms with van der Waals surface area (Å²) in [5.74, 6) is -1.82. The highest BCUT2D eigenvalue weighted by Crippen LogP contribution is 2.51. The summed E-state index contributed by atoms with van der Waals surface area (Å²) in [6, 6.07) is 20.5. The van der Waals surface area contributed by atoms with Crippen LogP contribution in [0.25, 0.3) is 21.5 Å². The van der Waals surface area contributed by atoms with Gasteiger partial charge in [-0.3, -0.25) is 14.1 Å². The summed E-state index contributed by atoms with van der Waals surface area (Å²) in [6.45, 7) is 8.79. The van der Waals surface area contributed by atoms with E-state index in [1.54, 1.807) is 18.2 Å². The van der Waals surface area contributed by atoms with Crippen molar-refractivity contribution in [2.75, 3.05) is 18.0 Å². The van der Waals surface area contributed by atoms with Gasteiger partial charge in [0.2, 0.25) is 5.69 Å². The predicted octanol–water partition coefficient (Wildman–Crippen LogP) is 6.80. The van der Waals surface area contributed by atoms with Crippen molar-refractivity contribution in [3.8, 4) is 0 Å². The van der Waals surface area contributed by atoms with Gasteiger partial charge < -0.3 is 15.1 Å². The fourth-order valence-corrected chi connectivity index (χ4v) is 8.19. The van der Waals surface area contributed by atoms with Gasteiger partial charge in [0.1, 0.15) is 11.3 Å². The Balaban J connectivity index is 1.49. The molecule has 4 aromatic rings. The van der Waals surface area contributed by atoms with Crippen LogP contribution in [0.4, 0.5) is 11.4 Å². The number of aliphatic carboxylic acids is 2. The van der Waals surface area contributed by atoms with Crippen LogP contribution in [0, 0.1) is 0 Å². The molecule has 0 saturated heterocycles. The number of carboxylic acid groups (broad SMARTS) is 2. The molecule has 0 aromatic heterocycles. The number of nitrogens with zero attached hydrogens (tertiary/aromatic N) is 2. The fourth-order valence-electron chi connectivity index (χ4n) is 7.48.